The molecule has 0 spiro atoms. The molecule has 0 saturated carbocycles. The molecule has 10 aromatic rings. The first kappa shape index (κ1) is 34.5. The average molecular weight is 766 g/mol. The fourth-order valence-electron chi connectivity index (χ4n) is 10.4. The highest BCUT2D eigenvalue weighted by Gasteiger charge is 2.46. The molecule has 12 rings (SSSR count). The molecule has 282 valence electrons. The van der Waals surface area contributed by atoms with Crippen molar-refractivity contribution in [1.29, 1.82) is 0 Å². The molecular weight excluding hydrogens is 727 g/mol. The Kier molecular flexibility index (Phi) is 7.49. The van der Waals surface area contributed by atoms with E-state index in [0.717, 1.165) is 22.1 Å². The van der Waals surface area contributed by atoms with Gasteiger partial charge >= 0.3 is 0 Å². The molecule has 0 aliphatic heterocycles. The third-order valence-corrected chi connectivity index (χ3v) is 13.2. The summed E-state index contributed by atoms with van der Waals surface area (Å²) in [5, 5.41) is 4.90. The minimum absolute atomic E-state index is 0.153. The normalized spacial score (nSPS) is 14.1. The molecule has 0 unspecified atom stereocenters. The van der Waals surface area contributed by atoms with Crippen molar-refractivity contribution in [1.82, 2.24) is 15.0 Å². The van der Waals surface area contributed by atoms with Crippen LogP contribution >= 0.6 is 0 Å². The molecule has 2 aliphatic rings. The maximum Gasteiger partial charge on any atom is 0.164 e. The Morgan fingerprint density at radius 1 is 0.333 bits per heavy atom. The summed E-state index contributed by atoms with van der Waals surface area (Å²) in [4.78, 5) is 15.9. The van der Waals surface area contributed by atoms with Crippen LogP contribution in [-0.4, -0.2) is 15.0 Å². The van der Waals surface area contributed by atoms with Crippen molar-refractivity contribution in [3.05, 3.63) is 234 Å². The summed E-state index contributed by atoms with van der Waals surface area (Å²) in [5.74, 6) is 1.95. The third kappa shape index (κ3) is 4.99. The van der Waals surface area contributed by atoms with Crippen molar-refractivity contribution >= 4 is 21.5 Å². The van der Waals surface area contributed by atoms with Crippen molar-refractivity contribution in [3.63, 3.8) is 0 Å². The highest BCUT2D eigenvalue weighted by Crippen LogP contribution is 2.57. The predicted molar refractivity (Wildman–Crippen MR) is 246 cm³/mol. The van der Waals surface area contributed by atoms with Crippen molar-refractivity contribution in [3.8, 4) is 56.4 Å². The average Bonchev–Trinajstić information content (AvgIpc) is 3.74. The maximum atomic E-state index is 5.34. The van der Waals surface area contributed by atoms with E-state index in [2.05, 4.69) is 214 Å². The van der Waals surface area contributed by atoms with Crippen LogP contribution in [0.25, 0.3) is 78.0 Å². The Balaban J connectivity index is 1.07. The van der Waals surface area contributed by atoms with Crippen LogP contribution in [0.5, 0.6) is 0 Å². The molecule has 3 nitrogen and oxygen atoms in total. The Hall–Kier alpha value is -7.49. The van der Waals surface area contributed by atoms with Gasteiger partial charge in [-0.25, -0.2) is 15.0 Å². The molecule has 2 aliphatic carbocycles. The van der Waals surface area contributed by atoms with Crippen LogP contribution in [0.2, 0.25) is 0 Å². The van der Waals surface area contributed by atoms with Gasteiger partial charge in [-0.2, -0.15) is 0 Å². The van der Waals surface area contributed by atoms with E-state index in [1.54, 1.807) is 0 Å². The molecular formula is C57H39N3. The van der Waals surface area contributed by atoms with E-state index in [1.165, 1.54) is 71.8 Å². The van der Waals surface area contributed by atoms with E-state index < -0.39 is 5.41 Å². The molecule has 9 aromatic carbocycles. The lowest BCUT2D eigenvalue weighted by Crippen LogP contribution is -2.28. The minimum Gasteiger partial charge on any atom is -0.208 e. The molecule has 0 atom stereocenters. The molecule has 3 heteroatoms. The zero-order chi connectivity index (χ0) is 40.0. The number of rotatable bonds is 5. The van der Waals surface area contributed by atoms with Gasteiger partial charge in [-0.3, -0.25) is 0 Å². The third-order valence-electron chi connectivity index (χ3n) is 13.2. The second kappa shape index (κ2) is 13.0. The molecule has 0 saturated heterocycles. The second-order valence-electron chi connectivity index (χ2n) is 16.8. The Morgan fingerprint density at radius 2 is 0.817 bits per heavy atom. The Labute approximate surface area is 349 Å². The first-order valence-electron chi connectivity index (χ1n) is 20.8. The van der Waals surface area contributed by atoms with Crippen LogP contribution in [0.3, 0.4) is 0 Å². The molecule has 0 N–H and O–H groups in total. The standard InChI is InChI=1S/C57H39N3/c1-56(2)49-31-28-40(35-48(49)46-30-27-37-16-11-12-22-44(37)52(46)56)54-58-53(39-26-25-36-15-9-10-17-38(36)33-39)59-55(60-54)41-29-32-51-47(34-41)45-23-13-14-24-50(45)57(51,42-18-5-3-6-19-42)43-20-7-4-8-21-43/h3-35H,1-2H3. The van der Waals surface area contributed by atoms with E-state index in [-0.39, 0.29) is 5.41 Å². The number of hydrogen-bond acceptors (Lipinski definition) is 3. The molecule has 0 bridgehead atoms. The van der Waals surface area contributed by atoms with Crippen LogP contribution < -0.4 is 0 Å². The van der Waals surface area contributed by atoms with Crippen molar-refractivity contribution in [2.24, 2.45) is 0 Å². The minimum atomic E-state index is -0.479. The quantitative estimate of drug-likeness (QED) is 0.175. The van der Waals surface area contributed by atoms with E-state index >= 15 is 0 Å². The molecule has 60 heavy (non-hydrogen) atoms. The summed E-state index contributed by atoms with van der Waals surface area (Å²) < 4.78 is 0. The summed E-state index contributed by atoms with van der Waals surface area (Å²) in [6.45, 7) is 4.69. The Bertz CT molecular complexity index is 3310. The van der Waals surface area contributed by atoms with E-state index in [0.29, 0.717) is 17.5 Å². The molecule has 1 aromatic heterocycles. The fourth-order valence-corrected chi connectivity index (χ4v) is 10.4. The molecule has 0 amide bonds. The zero-order valence-corrected chi connectivity index (χ0v) is 33.4. The van der Waals surface area contributed by atoms with Crippen LogP contribution in [-0.2, 0) is 10.8 Å². The lowest BCUT2D eigenvalue weighted by molar-refractivity contribution is 0.666. The number of fused-ring (bicyclic) bond motifs is 9. The van der Waals surface area contributed by atoms with Crippen molar-refractivity contribution in [2.75, 3.05) is 0 Å². The fraction of sp³-hybridized carbons (Fsp3) is 0.0702. The van der Waals surface area contributed by atoms with Gasteiger partial charge in [-0.1, -0.05) is 196 Å². The van der Waals surface area contributed by atoms with Crippen molar-refractivity contribution in [2.45, 2.75) is 24.7 Å². The predicted octanol–water partition coefficient (Wildman–Crippen LogP) is 13.8. The summed E-state index contributed by atoms with van der Waals surface area (Å²) >= 11 is 0. The first-order valence-corrected chi connectivity index (χ1v) is 20.8. The van der Waals surface area contributed by atoms with Crippen LogP contribution in [0.1, 0.15) is 47.2 Å². The van der Waals surface area contributed by atoms with Gasteiger partial charge in [0.1, 0.15) is 0 Å². The van der Waals surface area contributed by atoms with Crippen LogP contribution in [0.15, 0.2) is 200 Å². The summed E-state index contributed by atoms with van der Waals surface area (Å²) in [6, 6.07) is 72.5. The lowest BCUT2D eigenvalue weighted by atomic mass is 9.67. The summed E-state index contributed by atoms with van der Waals surface area (Å²) in [7, 11) is 0. The molecule has 0 radical (unpaired) electrons. The second-order valence-corrected chi connectivity index (χ2v) is 16.8. The smallest absolute Gasteiger partial charge is 0.164 e. The first-order chi connectivity index (χ1) is 29.5. The van der Waals surface area contributed by atoms with Gasteiger partial charge in [-0.15, -0.1) is 0 Å². The van der Waals surface area contributed by atoms with E-state index in [9.17, 15) is 0 Å². The van der Waals surface area contributed by atoms with Gasteiger partial charge in [0.25, 0.3) is 0 Å². The maximum absolute atomic E-state index is 5.34. The highest BCUT2D eigenvalue weighted by atomic mass is 15.0. The topological polar surface area (TPSA) is 38.7 Å². The van der Waals surface area contributed by atoms with E-state index in [1.807, 2.05) is 0 Å². The van der Waals surface area contributed by atoms with Gasteiger partial charge in [0.2, 0.25) is 0 Å². The summed E-state index contributed by atoms with van der Waals surface area (Å²) in [5.41, 5.74) is 14.9. The van der Waals surface area contributed by atoms with Gasteiger partial charge in [0, 0.05) is 22.1 Å². The van der Waals surface area contributed by atoms with Gasteiger partial charge < -0.3 is 0 Å². The van der Waals surface area contributed by atoms with Crippen LogP contribution in [0.4, 0.5) is 0 Å². The SMILES string of the molecule is CC1(C)c2ccc(-c3nc(-c4ccc5c(c4)-c4ccccc4C5(c4ccccc4)c4ccccc4)nc(-c4ccc5ccccc5c4)n3)cc2-c2ccc3ccccc3c21. The summed E-state index contributed by atoms with van der Waals surface area (Å²) in [6.07, 6.45) is 0. The van der Waals surface area contributed by atoms with Gasteiger partial charge in [0.15, 0.2) is 17.5 Å². The van der Waals surface area contributed by atoms with Gasteiger partial charge in [0.05, 0.1) is 5.41 Å². The Morgan fingerprint density at radius 3 is 1.50 bits per heavy atom. The lowest BCUT2D eigenvalue weighted by Gasteiger charge is -2.33. The number of aromatic nitrogens is 3. The number of benzene rings is 9. The number of nitrogens with zero attached hydrogens (tertiary/aromatic N) is 3. The largest absolute Gasteiger partial charge is 0.208 e. The van der Waals surface area contributed by atoms with Crippen molar-refractivity contribution < 1.29 is 0 Å². The molecule has 1 heterocycles. The van der Waals surface area contributed by atoms with E-state index in [4.69, 9.17) is 15.0 Å². The monoisotopic (exact) mass is 765 g/mol. The van der Waals surface area contributed by atoms with Crippen LogP contribution in [0, 0.1) is 0 Å². The zero-order valence-electron chi connectivity index (χ0n) is 33.4. The molecule has 0 fully saturated rings. The highest BCUT2D eigenvalue weighted by molar-refractivity contribution is 5.98. The number of hydrogen-bond donors (Lipinski definition) is 0. The van der Waals surface area contributed by atoms with Gasteiger partial charge in [-0.05, 0) is 95.4 Å².